The summed E-state index contributed by atoms with van der Waals surface area (Å²) in [4.78, 5) is 16.2. The molecule has 88 valence electrons. The summed E-state index contributed by atoms with van der Waals surface area (Å²) >= 11 is 1.42. The molecule has 0 aliphatic carbocycles. The molecule has 0 aliphatic rings. The van der Waals surface area contributed by atoms with Gasteiger partial charge in [-0.3, -0.25) is 0 Å². The molecule has 0 saturated heterocycles. The Morgan fingerprint density at radius 3 is 2.94 bits per heavy atom. The van der Waals surface area contributed by atoms with Crippen LogP contribution in [0.4, 0.5) is 11.8 Å². The summed E-state index contributed by atoms with van der Waals surface area (Å²) in [7, 11) is 0. The molecule has 2 aromatic rings. The molecule has 17 heavy (non-hydrogen) atoms. The number of nitrogens with zero attached hydrogens (tertiary/aromatic N) is 4. The number of nitrogens with two attached hydrogens (primary N) is 1. The van der Waals surface area contributed by atoms with E-state index >= 15 is 0 Å². The van der Waals surface area contributed by atoms with Gasteiger partial charge in [0.2, 0.25) is 5.95 Å². The van der Waals surface area contributed by atoms with Gasteiger partial charge in [-0.05, 0) is 24.8 Å². The van der Waals surface area contributed by atoms with E-state index < -0.39 is 0 Å². The number of nitrogen functional groups attached to an aromatic ring is 1. The third-order valence-electron chi connectivity index (χ3n) is 1.84. The molecule has 0 fully saturated rings. The van der Waals surface area contributed by atoms with Crippen LogP contribution in [-0.2, 0) is 0 Å². The third kappa shape index (κ3) is 3.28. The van der Waals surface area contributed by atoms with Crippen molar-refractivity contribution in [3.63, 3.8) is 0 Å². The van der Waals surface area contributed by atoms with Gasteiger partial charge in [0.15, 0.2) is 0 Å². The maximum atomic E-state index is 5.64. The van der Waals surface area contributed by atoms with Crippen molar-refractivity contribution in [3.8, 4) is 0 Å². The van der Waals surface area contributed by atoms with E-state index in [0.29, 0.717) is 0 Å². The number of anilines is 2. The topological polar surface area (TPSA) is 89.6 Å². The molecule has 0 aliphatic heterocycles. The Morgan fingerprint density at radius 1 is 1.35 bits per heavy atom. The Kier molecular flexibility index (Phi) is 3.71. The van der Waals surface area contributed by atoms with E-state index in [1.165, 1.54) is 18.1 Å². The molecule has 0 saturated carbocycles. The van der Waals surface area contributed by atoms with E-state index in [1.54, 1.807) is 6.20 Å². The van der Waals surface area contributed by atoms with Gasteiger partial charge < -0.3 is 11.1 Å². The van der Waals surface area contributed by atoms with Gasteiger partial charge >= 0.3 is 0 Å². The lowest BCUT2D eigenvalue weighted by molar-refractivity contribution is 1.02. The third-order valence-corrected chi connectivity index (χ3v) is 2.71. The van der Waals surface area contributed by atoms with Crippen LogP contribution in [0.15, 0.2) is 34.7 Å². The molecule has 2 heterocycles. The second kappa shape index (κ2) is 5.44. The zero-order chi connectivity index (χ0) is 12.1. The van der Waals surface area contributed by atoms with E-state index in [0.717, 1.165) is 22.4 Å². The molecule has 3 N–H and O–H groups in total. The molecule has 2 rings (SSSR count). The zero-order valence-corrected chi connectivity index (χ0v) is 10.1. The van der Waals surface area contributed by atoms with Crippen LogP contribution in [0.1, 0.15) is 6.92 Å². The maximum Gasteiger partial charge on any atom is 0.223 e. The highest BCUT2D eigenvalue weighted by atomic mass is 32.2. The standard InChI is InChI=1S/C10H12N6S/c1-2-13-7-5-9(16-10(11)15-7)17-8-3-4-12-6-14-8/h3-6H,2H2,1H3,(H3,11,13,15,16). The average Bonchev–Trinajstić information content (AvgIpc) is 2.30. The molecule has 0 unspecified atom stereocenters. The van der Waals surface area contributed by atoms with Gasteiger partial charge in [-0.1, -0.05) is 0 Å². The number of aromatic nitrogens is 4. The molecule has 6 nitrogen and oxygen atoms in total. The highest BCUT2D eigenvalue weighted by Gasteiger charge is 2.04. The summed E-state index contributed by atoms with van der Waals surface area (Å²) in [6.45, 7) is 2.78. The maximum absolute atomic E-state index is 5.64. The minimum Gasteiger partial charge on any atom is -0.370 e. The monoisotopic (exact) mass is 248 g/mol. The SMILES string of the molecule is CCNc1cc(Sc2ccncn2)nc(N)n1. The zero-order valence-electron chi connectivity index (χ0n) is 9.29. The van der Waals surface area contributed by atoms with Crippen LogP contribution in [0.5, 0.6) is 0 Å². The summed E-state index contributed by atoms with van der Waals surface area (Å²) in [5.41, 5.74) is 5.64. The number of hydrogen-bond donors (Lipinski definition) is 2. The van der Waals surface area contributed by atoms with Gasteiger partial charge in [0.1, 0.15) is 22.2 Å². The Balaban J connectivity index is 2.21. The molecular weight excluding hydrogens is 236 g/mol. The smallest absolute Gasteiger partial charge is 0.223 e. The Hall–Kier alpha value is -1.89. The van der Waals surface area contributed by atoms with Gasteiger partial charge in [-0.25, -0.2) is 15.0 Å². The fourth-order valence-electron chi connectivity index (χ4n) is 1.21. The van der Waals surface area contributed by atoms with Crippen molar-refractivity contribution in [2.24, 2.45) is 0 Å². The average molecular weight is 248 g/mol. The van der Waals surface area contributed by atoms with Crippen LogP contribution in [0.3, 0.4) is 0 Å². The summed E-state index contributed by atoms with van der Waals surface area (Å²) in [6, 6.07) is 3.66. The van der Waals surface area contributed by atoms with Crippen LogP contribution < -0.4 is 11.1 Å². The lowest BCUT2D eigenvalue weighted by Crippen LogP contribution is -2.03. The fraction of sp³-hybridized carbons (Fsp3) is 0.200. The van der Waals surface area contributed by atoms with E-state index in [1.807, 2.05) is 19.1 Å². The van der Waals surface area contributed by atoms with Crippen molar-refractivity contribution >= 4 is 23.5 Å². The first-order valence-electron chi connectivity index (χ1n) is 5.10. The van der Waals surface area contributed by atoms with Crippen LogP contribution >= 0.6 is 11.8 Å². The Bertz CT molecular complexity index is 489. The Morgan fingerprint density at radius 2 is 2.24 bits per heavy atom. The van der Waals surface area contributed by atoms with Crippen LogP contribution in [-0.4, -0.2) is 26.5 Å². The largest absolute Gasteiger partial charge is 0.370 e. The first-order valence-corrected chi connectivity index (χ1v) is 5.92. The summed E-state index contributed by atoms with van der Waals surface area (Å²) < 4.78 is 0. The van der Waals surface area contributed by atoms with Crippen molar-refractivity contribution in [1.82, 2.24) is 19.9 Å². The molecule has 0 aromatic carbocycles. The number of rotatable bonds is 4. The van der Waals surface area contributed by atoms with Crippen LogP contribution in [0, 0.1) is 0 Å². The fourth-order valence-corrected chi connectivity index (χ4v) is 1.97. The molecular formula is C10H12N6S. The van der Waals surface area contributed by atoms with Crippen molar-refractivity contribution in [3.05, 3.63) is 24.7 Å². The highest BCUT2D eigenvalue weighted by Crippen LogP contribution is 2.25. The van der Waals surface area contributed by atoms with Gasteiger partial charge in [0, 0.05) is 18.8 Å². The molecule has 2 aromatic heterocycles. The van der Waals surface area contributed by atoms with Gasteiger partial charge in [0.05, 0.1) is 0 Å². The minimum absolute atomic E-state index is 0.250. The highest BCUT2D eigenvalue weighted by molar-refractivity contribution is 7.99. The summed E-state index contributed by atoms with van der Waals surface area (Å²) in [5, 5.41) is 4.67. The molecule has 0 atom stereocenters. The van der Waals surface area contributed by atoms with Gasteiger partial charge in [-0.15, -0.1) is 0 Å². The lowest BCUT2D eigenvalue weighted by atomic mass is 10.5. The van der Waals surface area contributed by atoms with E-state index in [9.17, 15) is 0 Å². The number of nitrogens with one attached hydrogen (secondary N) is 1. The van der Waals surface area contributed by atoms with Crippen molar-refractivity contribution in [2.75, 3.05) is 17.6 Å². The normalized spacial score (nSPS) is 10.2. The molecule has 0 amide bonds. The van der Waals surface area contributed by atoms with E-state index in [2.05, 4.69) is 25.3 Å². The van der Waals surface area contributed by atoms with Gasteiger partial charge in [0.25, 0.3) is 0 Å². The van der Waals surface area contributed by atoms with E-state index in [4.69, 9.17) is 5.73 Å². The first kappa shape index (κ1) is 11.6. The Labute approximate surface area is 103 Å². The van der Waals surface area contributed by atoms with Crippen LogP contribution in [0.2, 0.25) is 0 Å². The van der Waals surface area contributed by atoms with Crippen molar-refractivity contribution in [2.45, 2.75) is 17.0 Å². The number of hydrogen-bond acceptors (Lipinski definition) is 7. The predicted octanol–water partition coefficient (Wildman–Crippen LogP) is 1.43. The molecule has 7 heteroatoms. The molecule has 0 spiro atoms. The van der Waals surface area contributed by atoms with E-state index in [-0.39, 0.29) is 5.95 Å². The quantitative estimate of drug-likeness (QED) is 0.791. The summed E-state index contributed by atoms with van der Waals surface area (Å²) in [5.74, 6) is 0.969. The molecule has 0 bridgehead atoms. The second-order valence-corrected chi connectivity index (χ2v) is 4.17. The lowest BCUT2D eigenvalue weighted by Gasteiger charge is -2.05. The van der Waals surface area contributed by atoms with Crippen molar-refractivity contribution in [1.29, 1.82) is 0 Å². The second-order valence-electron chi connectivity index (χ2n) is 3.13. The van der Waals surface area contributed by atoms with Gasteiger partial charge in [-0.2, -0.15) is 4.98 Å². The minimum atomic E-state index is 0.250. The van der Waals surface area contributed by atoms with Crippen LogP contribution in [0.25, 0.3) is 0 Å². The molecule has 0 radical (unpaired) electrons. The predicted molar refractivity (Wildman–Crippen MR) is 66.8 cm³/mol. The first-order chi connectivity index (χ1) is 8.28. The summed E-state index contributed by atoms with van der Waals surface area (Å²) in [6.07, 6.45) is 3.18. The van der Waals surface area contributed by atoms with Crippen molar-refractivity contribution < 1.29 is 0 Å².